The number of halogens is 1. The molecule has 182 valence electrons. The van der Waals surface area contributed by atoms with Gasteiger partial charge in [-0.15, -0.1) is 11.3 Å². The minimum absolute atomic E-state index is 0.339. The van der Waals surface area contributed by atoms with Gasteiger partial charge < -0.3 is 4.74 Å². The molecule has 0 N–H and O–H groups in total. The second kappa shape index (κ2) is 9.69. The molecule has 6 rings (SSSR count). The first-order valence-electron chi connectivity index (χ1n) is 12.3. The number of esters is 1. The first-order chi connectivity index (χ1) is 17.6. The number of benzene rings is 3. The zero-order chi connectivity index (χ0) is 24.6. The smallest absolute Gasteiger partial charge is 0.353 e. The Labute approximate surface area is 218 Å². The van der Waals surface area contributed by atoms with Gasteiger partial charge in [0.15, 0.2) is 0 Å². The van der Waals surface area contributed by atoms with Crippen LogP contribution in [0.15, 0.2) is 66.7 Å². The van der Waals surface area contributed by atoms with E-state index < -0.39 is 0 Å². The number of nitrogens with zero attached hydrogens (tertiary/aromatic N) is 3. The van der Waals surface area contributed by atoms with Crippen LogP contribution in [0.2, 0.25) is 5.02 Å². The lowest BCUT2D eigenvalue weighted by atomic mass is 10.0. The molecular formula is C29H26ClN3O2S. The summed E-state index contributed by atoms with van der Waals surface area (Å²) >= 11 is 7.46. The molecule has 0 bridgehead atoms. The molecule has 0 amide bonds. The van der Waals surface area contributed by atoms with Gasteiger partial charge in [-0.25, -0.2) is 9.48 Å². The lowest BCUT2D eigenvalue weighted by Gasteiger charge is -2.27. The monoisotopic (exact) mass is 515 g/mol. The van der Waals surface area contributed by atoms with Crippen molar-refractivity contribution < 1.29 is 9.53 Å². The van der Waals surface area contributed by atoms with Crippen LogP contribution < -0.4 is 4.74 Å². The van der Waals surface area contributed by atoms with Crippen LogP contribution in [0.4, 0.5) is 0 Å². The van der Waals surface area contributed by atoms with E-state index in [1.807, 2.05) is 66.2 Å². The summed E-state index contributed by atoms with van der Waals surface area (Å²) in [6.45, 7) is 4.89. The van der Waals surface area contributed by atoms with Crippen LogP contribution in [0.3, 0.4) is 0 Å². The third-order valence-electron chi connectivity index (χ3n) is 6.85. The molecule has 0 spiro atoms. The molecule has 0 aliphatic carbocycles. The van der Waals surface area contributed by atoms with Crippen LogP contribution in [-0.2, 0) is 6.54 Å². The average molecular weight is 516 g/mol. The molecule has 1 aliphatic rings. The Morgan fingerprint density at radius 2 is 1.78 bits per heavy atom. The topological polar surface area (TPSA) is 47.4 Å². The van der Waals surface area contributed by atoms with E-state index in [-0.39, 0.29) is 5.97 Å². The van der Waals surface area contributed by atoms with Gasteiger partial charge in [0.05, 0.1) is 11.4 Å². The summed E-state index contributed by atoms with van der Waals surface area (Å²) in [5, 5.41) is 8.59. The number of ether oxygens (including phenoxy) is 1. The van der Waals surface area contributed by atoms with E-state index in [9.17, 15) is 4.79 Å². The molecule has 7 heteroatoms. The highest BCUT2D eigenvalue weighted by Crippen LogP contribution is 2.34. The Balaban J connectivity index is 1.34. The zero-order valence-electron chi connectivity index (χ0n) is 20.0. The number of aromatic nitrogens is 2. The Morgan fingerprint density at radius 1 is 1.00 bits per heavy atom. The fraction of sp³-hybridized carbons (Fsp3) is 0.241. The maximum absolute atomic E-state index is 13.4. The highest BCUT2D eigenvalue weighted by molar-refractivity contribution is 7.20. The molecule has 0 saturated carbocycles. The molecule has 1 aliphatic heterocycles. The fourth-order valence-corrected chi connectivity index (χ4v) is 6.16. The highest BCUT2D eigenvalue weighted by Gasteiger charge is 2.21. The zero-order valence-corrected chi connectivity index (χ0v) is 21.6. The first-order valence-corrected chi connectivity index (χ1v) is 13.5. The van der Waals surface area contributed by atoms with E-state index in [2.05, 4.69) is 22.1 Å². The molecule has 1 fully saturated rings. The van der Waals surface area contributed by atoms with Gasteiger partial charge in [-0.05, 0) is 80.0 Å². The summed E-state index contributed by atoms with van der Waals surface area (Å²) < 4.78 is 7.94. The van der Waals surface area contributed by atoms with Gasteiger partial charge in [-0.2, -0.15) is 5.10 Å². The second-order valence-corrected chi connectivity index (χ2v) is 10.8. The largest absolute Gasteiger partial charge is 0.422 e. The van der Waals surface area contributed by atoms with Crippen LogP contribution in [0.1, 0.15) is 40.2 Å². The summed E-state index contributed by atoms with van der Waals surface area (Å²) in [5.74, 6) is 0.297. The van der Waals surface area contributed by atoms with Crippen LogP contribution in [0, 0.1) is 6.92 Å². The SMILES string of the molecule is Cc1nn(-c2ccc(Cl)cc2)c2sc(C(=O)Oc3ccc4ccccc4c3CN3CCCCC3)cc12. The Morgan fingerprint density at radius 3 is 2.58 bits per heavy atom. The van der Waals surface area contributed by atoms with Gasteiger partial charge in [0.25, 0.3) is 0 Å². The quantitative estimate of drug-likeness (QED) is 0.181. The number of hydrogen-bond donors (Lipinski definition) is 0. The summed E-state index contributed by atoms with van der Waals surface area (Å²) in [6.07, 6.45) is 3.71. The van der Waals surface area contributed by atoms with Gasteiger partial charge in [-0.1, -0.05) is 48.4 Å². The van der Waals surface area contributed by atoms with Gasteiger partial charge >= 0.3 is 5.97 Å². The van der Waals surface area contributed by atoms with Crippen molar-refractivity contribution in [3.05, 3.63) is 87.9 Å². The Hall–Kier alpha value is -3.19. The Bertz CT molecular complexity index is 1570. The maximum Gasteiger partial charge on any atom is 0.353 e. The van der Waals surface area contributed by atoms with Crippen molar-refractivity contribution in [2.24, 2.45) is 0 Å². The van der Waals surface area contributed by atoms with Crippen molar-refractivity contribution in [1.82, 2.24) is 14.7 Å². The van der Waals surface area contributed by atoms with Crippen molar-refractivity contribution >= 4 is 49.9 Å². The Kier molecular flexibility index (Phi) is 6.25. The predicted octanol–water partition coefficient (Wildman–Crippen LogP) is 7.41. The van der Waals surface area contributed by atoms with Crippen LogP contribution >= 0.6 is 22.9 Å². The van der Waals surface area contributed by atoms with Crippen LogP contribution in [0.5, 0.6) is 5.75 Å². The molecule has 0 unspecified atom stereocenters. The standard InChI is InChI=1S/C29H26ClN3O2S/c1-19-24-17-27(36-28(24)33(31-19)22-12-10-21(30)11-13-22)29(34)35-26-14-9-20-7-3-4-8-23(20)25(26)18-32-15-5-2-6-16-32/h3-4,7-14,17H,2,5-6,15-16,18H2,1H3. The molecule has 1 saturated heterocycles. The molecular weight excluding hydrogens is 490 g/mol. The van der Waals surface area contributed by atoms with Crippen LogP contribution in [-0.4, -0.2) is 33.7 Å². The number of aryl methyl sites for hydroxylation is 1. The molecule has 3 aromatic carbocycles. The molecule has 0 radical (unpaired) electrons. The number of hydrogen-bond acceptors (Lipinski definition) is 5. The number of likely N-dealkylation sites (tertiary alicyclic amines) is 1. The normalized spacial score (nSPS) is 14.5. The number of carbonyl (C=O) groups is 1. The van der Waals surface area contributed by atoms with Gasteiger partial charge in [0.1, 0.15) is 15.5 Å². The maximum atomic E-state index is 13.4. The highest BCUT2D eigenvalue weighted by atomic mass is 35.5. The first kappa shape index (κ1) is 23.2. The molecule has 3 heterocycles. The summed E-state index contributed by atoms with van der Waals surface area (Å²) in [4.78, 5) is 17.3. The lowest BCUT2D eigenvalue weighted by molar-refractivity contribution is 0.0736. The molecule has 0 atom stereocenters. The van der Waals surface area contributed by atoms with Crippen molar-refractivity contribution in [3.63, 3.8) is 0 Å². The third-order valence-corrected chi connectivity index (χ3v) is 8.19. The van der Waals surface area contributed by atoms with Crippen LogP contribution in [0.25, 0.3) is 26.7 Å². The van der Waals surface area contributed by atoms with E-state index in [0.717, 1.165) is 57.6 Å². The number of thiophene rings is 1. The van der Waals surface area contributed by atoms with E-state index in [1.54, 1.807) is 0 Å². The minimum Gasteiger partial charge on any atom is -0.422 e. The molecule has 36 heavy (non-hydrogen) atoms. The summed E-state index contributed by atoms with van der Waals surface area (Å²) in [6, 6.07) is 21.7. The summed E-state index contributed by atoms with van der Waals surface area (Å²) in [7, 11) is 0. The number of piperidine rings is 1. The van der Waals surface area contributed by atoms with Gasteiger partial charge in [0, 0.05) is 22.5 Å². The lowest BCUT2D eigenvalue weighted by Crippen LogP contribution is -2.29. The number of fused-ring (bicyclic) bond motifs is 2. The number of carbonyl (C=O) groups excluding carboxylic acids is 1. The second-order valence-electron chi connectivity index (χ2n) is 9.29. The van der Waals surface area contributed by atoms with Crippen molar-refractivity contribution in [2.45, 2.75) is 32.7 Å². The van der Waals surface area contributed by atoms with Crippen molar-refractivity contribution in [2.75, 3.05) is 13.1 Å². The summed E-state index contributed by atoms with van der Waals surface area (Å²) in [5.41, 5.74) is 2.84. The third kappa shape index (κ3) is 4.41. The molecule has 5 aromatic rings. The van der Waals surface area contributed by atoms with Crippen molar-refractivity contribution in [3.8, 4) is 11.4 Å². The van der Waals surface area contributed by atoms with Gasteiger partial charge in [-0.3, -0.25) is 4.90 Å². The van der Waals surface area contributed by atoms with Crippen molar-refractivity contribution in [1.29, 1.82) is 0 Å². The molecule has 5 nitrogen and oxygen atoms in total. The average Bonchev–Trinajstić information content (AvgIpc) is 3.47. The van der Waals surface area contributed by atoms with Gasteiger partial charge in [0.2, 0.25) is 0 Å². The fourth-order valence-electron chi connectivity index (χ4n) is 4.97. The van der Waals surface area contributed by atoms with E-state index >= 15 is 0 Å². The predicted molar refractivity (Wildman–Crippen MR) is 147 cm³/mol. The number of rotatable bonds is 5. The minimum atomic E-state index is -0.339. The van der Waals surface area contributed by atoms with E-state index in [0.29, 0.717) is 15.6 Å². The van der Waals surface area contributed by atoms with E-state index in [4.69, 9.17) is 16.3 Å². The van der Waals surface area contributed by atoms with E-state index in [1.165, 1.54) is 30.6 Å². The molecule has 2 aromatic heterocycles.